The van der Waals surface area contributed by atoms with Crippen LogP contribution in [0.5, 0.6) is 0 Å². The zero-order chi connectivity index (χ0) is 30.9. The van der Waals surface area contributed by atoms with E-state index in [4.69, 9.17) is 32.4 Å². The van der Waals surface area contributed by atoms with Crippen molar-refractivity contribution in [3.63, 3.8) is 0 Å². The molecule has 44 heavy (non-hydrogen) atoms. The van der Waals surface area contributed by atoms with Gasteiger partial charge in [0.25, 0.3) is 8.32 Å². The molecule has 0 spiro atoms. The van der Waals surface area contributed by atoms with Crippen molar-refractivity contribution in [2.45, 2.75) is 55.3 Å². The van der Waals surface area contributed by atoms with Crippen LogP contribution in [-0.2, 0) is 15.8 Å². The van der Waals surface area contributed by atoms with E-state index >= 15 is 4.39 Å². The van der Waals surface area contributed by atoms with E-state index in [0.29, 0.717) is 11.2 Å². The van der Waals surface area contributed by atoms with Gasteiger partial charge in [0.1, 0.15) is 17.0 Å². The Balaban J connectivity index is 1.37. The second-order valence-corrected chi connectivity index (χ2v) is 18.2. The Hall–Kier alpha value is -2.79. The predicted octanol–water partition coefficient (Wildman–Crippen LogP) is 7.25. The molecule has 0 aliphatic carbocycles. The number of nitrogens with zero attached hydrogens (tertiary/aromatic N) is 4. The smallest absolute Gasteiger partial charge is 0.261 e. The van der Waals surface area contributed by atoms with Crippen molar-refractivity contribution >= 4 is 64.8 Å². The highest BCUT2D eigenvalue weighted by Crippen LogP contribution is 2.47. The predicted molar refractivity (Wildman–Crippen MR) is 179 cm³/mol. The molecule has 0 radical (unpaired) electrons. The summed E-state index contributed by atoms with van der Waals surface area (Å²) < 4.78 is 32.0. The Bertz CT molecular complexity index is 1670. The molecule has 0 N–H and O–H groups in total. The van der Waals surface area contributed by atoms with Gasteiger partial charge in [-0.25, -0.2) is 14.4 Å². The molecule has 0 unspecified atom stereocenters. The zero-order valence-corrected chi connectivity index (χ0v) is 27.9. The summed E-state index contributed by atoms with van der Waals surface area (Å²) in [4.78, 5) is 12.7. The fraction of sp³-hybridized carbons (Fsp3) is 0.303. The van der Waals surface area contributed by atoms with Crippen LogP contribution >= 0.6 is 35.0 Å². The number of aromatic nitrogens is 4. The maximum atomic E-state index is 16.6. The molecule has 0 bridgehead atoms. The lowest BCUT2D eigenvalue weighted by Crippen LogP contribution is -2.67. The van der Waals surface area contributed by atoms with E-state index in [-0.39, 0.29) is 33.9 Å². The summed E-state index contributed by atoms with van der Waals surface area (Å²) in [6.07, 6.45) is -0.596. The molecule has 6 rings (SSSR count). The first kappa shape index (κ1) is 31.2. The number of alkyl halides is 1. The first-order valence-corrected chi connectivity index (χ1v) is 18.1. The Morgan fingerprint density at radius 3 is 2.07 bits per heavy atom. The van der Waals surface area contributed by atoms with Crippen LogP contribution in [0.25, 0.3) is 11.2 Å². The van der Waals surface area contributed by atoms with E-state index < -0.39 is 26.0 Å². The first-order chi connectivity index (χ1) is 21.2. The molecule has 4 atom stereocenters. The van der Waals surface area contributed by atoms with Crippen LogP contribution < -0.4 is 10.4 Å². The Morgan fingerprint density at radius 2 is 1.48 bits per heavy atom. The minimum Gasteiger partial charge on any atom is -0.406 e. The van der Waals surface area contributed by atoms with Crippen molar-refractivity contribution in [3.05, 3.63) is 113 Å². The van der Waals surface area contributed by atoms with Gasteiger partial charge in [-0.2, -0.15) is 4.98 Å². The van der Waals surface area contributed by atoms with E-state index in [2.05, 4.69) is 84.3 Å². The monoisotopic (exact) mass is 666 g/mol. The van der Waals surface area contributed by atoms with Crippen LogP contribution in [0.1, 0.15) is 31.7 Å². The molecule has 5 aromatic rings. The third-order valence-corrected chi connectivity index (χ3v) is 15.0. The fourth-order valence-corrected chi connectivity index (χ4v) is 12.6. The molecule has 2 aromatic heterocycles. The highest BCUT2D eigenvalue weighted by atomic mass is 35.5. The van der Waals surface area contributed by atoms with Gasteiger partial charge >= 0.3 is 0 Å². The van der Waals surface area contributed by atoms with E-state index in [9.17, 15) is 0 Å². The summed E-state index contributed by atoms with van der Waals surface area (Å²) in [5.41, 5.74) is 1.72. The van der Waals surface area contributed by atoms with Crippen molar-refractivity contribution in [2.75, 3.05) is 6.61 Å². The molecule has 1 saturated heterocycles. The van der Waals surface area contributed by atoms with Crippen molar-refractivity contribution in [2.24, 2.45) is 0 Å². The summed E-state index contributed by atoms with van der Waals surface area (Å²) in [6.45, 7) is 7.26. The van der Waals surface area contributed by atoms with Crippen molar-refractivity contribution in [3.8, 4) is 0 Å². The number of ether oxygens (including phenoxy) is 1. The molecule has 6 nitrogen and oxygen atoms in total. The number of hydrogen-bond acceptors (Lipinski definition) is 6. The number of benzene rings is 3. The minimum atomic E-state index is -2.87. The van der Waals surface area contributed by atoms with Crippen molar-refractivity contribution < 1.29 is 13.6 Å². The van der Waals surface area contributed by atoms with Gasteiger partial charge in [-0.05, 0) is 32.6 Å². The molecule has 1 aliphatic heterocycles. The average Bonchev–Trinajstić information content (AvgIpc) is 3.57. The zero-order valence-electron chi connectivity index (χ0n) is 24.6. The Morgan fingerprint density at radius 1 is 0.886 bits per heavy atom. The van der Waals surface area contributed by atoms with Gasteiger partial charge in [-0.15, -0.1) is 11.8 Å². The normalized spacial score (nSPS) is 20.8. The van der Waals surface area contributed by atoms with E-state index in [1.807, 2.05) is 42.5 Å². The van der Waals surface area contributed by atoms with E-state index in [1.165, 1.54) is 22.1 Å². The second kappa shape index (κ2) is 12.9. The number of imidazole rings is 1. The topological polar surface area (TPSA) is 62.1 Å². The number of rotatable bonds is 9. The summed E-state index contributed by atoms with van der Waals surface area (Å²) in [6, 6.07) is 30.7. The lowest BCUT2D eigenvalue weighted by atomic mass is 10.1. The molecule has 228 valence electrons. The molecule has 3 heterocycles. The summed E-state index contributed by atoms with van der Waals surface area (Å²) in [5.74, 6) is 0. The number of fused-ring (bicyclic) bond motifs is 1. The van der Waals surface area contributed by atoms with Crippen molar-refractivity contribution in [1.29, 1.82) is 0 Å². The van der Waals surface area contributed by atoms with E-state index in [1.54, 1.807) is 10.9 Å². The molecular weight excluding hydrogens is 634 g/mol. The summed E-state index contributed by atoms with van der Waals surface area (Å²) >= 11 is 13.9. The van der Waals surface area contributed by atoms with E-state index in [0.717, 1.165) is 5.56 Å². The summed E-state index contributed by atoms with van der Waals surface area (Å²) in [5, 5.41) is 1.20. The van der Waals surface area contributed by atoms with Crippen LogP contribution in [0.2, 0.25) is 15.5 Å². The first-order valence-electron chi connectivity index (χ1n) is 14.4. The van der Waals surface area contributed by atoms with Gasteiger partial charge in [0.15, 0.2) is 17.0 Å². The van der Waals surface area contributed by atoms with Crippen LogP contribution in [0, 0.1) is 0 Å². The molecule has 0 amide bonds. The lowest BCUT2D eigenvalue weighted by Gasteiger charge is -2.43. The quantitative estimate of drug-likeness (QED) is 0.0939. The maximum Gasteiger partial charge on any atom is 0.261 e. The maximum absolute atomic E-state index is 16.6. The molecule has 3 aromatic carbocycles. The number of thioether (sulfide) groups is 1. The third kappa shape index (κ3) is 5.93. The summed E-state index contributed by atoms with van der Waals surface area (Å²) in [7, 11) is -2.87. The standard InChI is InChI=1S/C33H33Cl2FN4O2SSi/c1-33(2,3)44(23-15-9-5-10-16-23,24-17-11-6-12-18-24)42-20-25-28(41-19-22-13-7-4-8-14-22)26(36)31(43-25)40-21-37-27-29(34)38-32(35)39-30(27)40/h4-18,21,25-26,28,31H,19-20H2,1-3H3/t25-,26+,28+,31-/m0/s1. The number of hydrogen-bond donors (Lipinski definition) is 0. The van der Waals surface area contributed by atoms with Crippen molar-refractivity contribution in [1.82, 2.24) is 19.5 Å². The minimum absolute atomic E-state index is 0.0221. The molecule has 11 heteroatoms. The van der Waals surface area contributed by atoms with Crippen LogP contribution in [0.15, 0.2) is 97.3 Å². The highest BCUT2D eigenvalue weighted by molar-refractivity contribution is 8.00. The highest BCUT2D eigenvalue weighted by Gasteiger charge is 2.53. The lowest BCUT2D eigenvalue weighted by molar-refractivity contribution is -0.0168. The van der Waals surface area contributed by atoms with Crippen LogP contribution in [-0.4, -0.2) is 52.0 Å². The number of halogens is 3. The van der Waals surface area contributed by atoms with Gasteiger partial charge in [0.05, 0.1) is 18.2 Å². The molecule has 0 saturated carbocycles. The van der Waals surface area contributed by atoms with Gasteiger partial charge in [-0.3, -0.25) is 4.57 Å². The van der Waals surface area contributed by atoms with Crippen LogP contribution in [0.4, 0.5) is 4.39 Å². The average molecular weight is 668 g/mol. The largest absolute Gasteiger partial charge is 0.406 e. The van der Waals surface area contributed by atoms with Gasteiger partial charge in [0, 0.05) is 6.61 Å². The Labute approximate surface area is 272 Å². The fourth-order valence-electron chi connectivity index (χ4n) is 6.03. The van der Waals surface area contributed by atoms with Gasteiger partial charge < -0.3 is 9.16 Å². The molecule has 1 aliphatic rings. The molecular formula is C33H33Cl2FN4O2SSi. The van der Waals surface area contributed by atoms with Crippen LogP contribution in [0.3, 0.4) is 0 Å². The SMILES string of the molecule is CC(C)(C)[Si](OC[C@@H]1S[C@H](n2cnc3c(Cl)nc(Cl)nc32)[C@H](F)[C@@H]1OCc1ccccc1)(c1ccccc1)c1ccccc1. The third-order valence-electron chi connectivity index (χ3n) is 8.06. The molecule has 1 fully saturated rings. The second-order valence-electron chi connectivity index (χ2n) is 11.9. The van der Waals surface area contributed by atoms with Gasteiger partial charge in [0.2, 0.25) is 5.28 Å². The van der Waals surface area contributed by atoms with Gasteiger partial charge in [-0.1, -0.05) is 123 Å². The Kier molecular flexibility index (Phi) is 9.15.